The first-order valence-electron chi connectivity index (χ1n) is 6.08. The van der Waals surface area contributed by atoms with Crippen molar-refractivity contribution in [3.8, 4) is 0 Å². The first kappa shape index (κ1) is 11.5. The summed E-state index contributed by atoms with van der Waals surface area (Å²) < 4.78 is 26.4. The number of carboxylic acids is 1. The van der Waals surface area contributed by atoms with Gasteiger partial charge in [0.15, 0.2) is 0 Å². The predicted molar refractivity (Wildman–Crippen MR) is 60.8 cm³/mol. The lowest BCUT2D eigenvalue weighted by Gasteiger charge is -2.16. The topological polar surface area (TPSA) is 83.5 Å². The maximum Gasteiger partial charge on any atom is 0.307 e. The van der Waals surface area contributed by atoms with Gasteiger partial charge in [-0.1, -0.05) is 6.92 Å². The number of aliphatic carboxylic acids is 1. The van der Waals surface area contributed by atoms with Crippen molar-refractivity contribution in [2.45, 2.75) is 43.9 Å². The molecular weight excluding hydrogens is 242 g/mol. The van der Waals surface area contributed by atoms with Gasteiger partial charge in [0.25, 0.3) is 0 Å². The van der Waals surface area contributed by atoms with Gasteiger partial charge in [-0.25, -0.2) is 13.1 Å². The van der Waals surface area contributed by atoms with Crippen LogP contribution in [0, 0.1) is 17.3 Å². The van der Waals surface area contributed by atoms with Gasteiger partial charge < -0.3 is 5.11 Å². The van der Waals surface area contributed by atoms with E-state index in [1.165, 1.54) is 0 Å². The Kier molecular flexibility index (Phi) is 2.18. The maximum atomic E-state index is 11.8. The zero-order valence-corrected chi connectivity index (χ0v) is 10.5. The molecule has 3 rings (SSSR count). The standard InChI is InChI=1S/C11H17NO4S/c1-11-5-8(11)9(4-7(11)10(13)14)12-17(15,16)6-2-3-6/h6-9,12H,2-5H2,1H3,(H,13,14)/t7-,8-,9-,11+/m1/s1. The van der Waals surface area contributed by atoms with Gasteiger partial charge in [0.05, 0.1) is 11.2 Å². The Balaban J connectivity index is 1.73. The van der Waals surface area contributed by atoms with Gasteiger partial charge in [0.1, 0.15) is 0 Å². The molecule has 0 saturated heterocycles. The molecule has 0 aromatic heterocycles. The summed E-state index contributed by atoms with van der Waals surface area (Å²) in [7, 11) is -3.20. The Morgan fingerprint density at radius 3 is 2.53 bits per heavy atom. The van der Waals surface area contributed by atoms with Crippen LogP contribution in [0.4, 0.5) is 0 Å². The van der Waals surface area contributed by atoms with Crippen molar-refractivity contribution in [2.24, 2.45) is 17.3 Å². The molecule has 4 atom stereocenters. The van der Waals surface area contributed by atoms with E-state index in [0.29, 0.717) is 6.42 Å². The van der Waals surface area contributed by atoms with E-state index in [0.717, 1.165) is 19.3 Å². The number of rotatable bonds is 4. The van der Waals surface area contributed by atoms with Crippen molar-refractivity contribution < 1.29 is 18.3 Å². The van der Waals surface area contributed by atoms with Crippen molar-refractivity contribution in [1.82, 2.24) is 4.72 Å². The highest BCUT2D eigenvalue weighted by molar-refractivity contribution is 7.90. The third kappa shape index (κ3) is 1.69. The average Bonchev–Trinajstić information content (AvgIpc) is 3.06. The molecule has 3 saturated carbocycles. The van der Waals surface area contributed by atoms with E-state index in [1.807, 2.05) is 6.92 Å². The third-order valence-corrected chi connectivity index (χ3v) is 6.68. The zero-order valence-electron chi connectivity index (χ0n) is 9.72. The van der Waals surface area contributed by atoms with Gasteiger partial charge >= 0.3 is 5.97 Å². The molecule has 6 heteroatoms. The van der Waals surface area contributed by atoms with Crippen LogP contribution in [-0.4, -0.2) is 30.8 Å². The van der Waals surface area contributed by atoms with Gasteiger partial charge in [0, 0.05) is 6.04 Å². The molecule has 0 heterocycles. The largest absolute Gasteiger partial charge is 0.481 e. The smallest absolute Gasteiger partial charge is 0.307 e. The summed E-state index contributed by atoms with van der Waals surface area (Å²) in [5.41, 5.74) is -0.178. The van der Waals surface area contributed by atoms with Crippen LogP contribution in [0.5, 0.6) is 0 Å². The Morgan fingerprint density at radius 1 is 1.41 bits per heavy atom. The molecular formula is C11H17NO4S. The van der Waals surface area contributed by atoms with Crippen LogP contribution >= 0.6 is 0 Å². The Labute approximate surface area is 101 Å². The van der Waals surface area contributed by atoms with Crippen LogP contribution in [0.25, 0.3) is 0 Å². The molecule has 0 unspecified atom stereocenters. The monoisotopic (exact) mass is 259 g/mol. The minimum atomic E-state index is -3.20. The molecule has 96 valence electrons. The van der Waals surface area contributed by atoms with Crippen molar-refractivity contribution in [3.05, 3.63) is 0 Å². The molecule has 0 aromatic carbocycles. The van der Waals surface area contributed by atoms with E-state index in [2.05, 4.69) is 4.72 Å². The Morgan fingerprint density at radius 2 is 2.06 bits per heavy atom. The van der Waals surface area contributed by atoms with Gasteiger partial charge in [-0.15, -0.1) is 0 Å². The molecule has 3 aliphatic carbocycles. The van der Waals surface area contributed by atoms with Crippen LogP contribution in [-0.2, 0) is 14.8 Å². The van der Waals surface area contributed by atoms with Crippen LogP contribution in [0.1, 0.15) is 32.6 Å². The van der Waals surface area contributed by atoms with Crippen molar-refractivity contribution >= 4 is 16.0 Å². The number of carbonyl (C=O) groups is 1. The van der Waals surface area contributed by atoms with Crippen LogP contribution in [0.15, 0.2) is 0 Å². The molecule has 0 aromatic rings. The number of hydrogen-bond acceptors (Lipinski definition) is 3. The van der Waals surface area contributed by atoms with Crippen LogP contribution in [0.2, 0.25) is 0 Å². The fourth-order valence-electron chi connectivity index (χ4n) is 3.30. The fraction of sp³-hybridized carbons (Fsp3) is 0.909. The second-order valence-corrected chi connectivity index (χ2v) is 7.90. The summed E-state index contributed by atoms with van der Waals surface area (Å²) in [6, 6.07) is -0.160. The van der Waals surface area contributed by atoms with Crippen LogP contribution < -0.4 is 4.72 Å². The lowest BCUT2D eigenvalue weighted by molar-refractivity contribution is -0.143. The summed E-state index contributed by atoms with van der Waals surface area (Å²) in [6.07, 6.45) is 2.77. The first-order valence-corrected chi connectivity index (χ1v) is 7.63. The molecule has 0 bridgehead atoms. The van der Waals surface area contributed by atoms with E-state index in [1.54, 1.807) is 0 Å². The van der Waals surface area contributed by atoms with Crippen molar-refractivity contribution in [1.29, 1.82) is 0 Å². The van der Waals surface area contributed by atoms with E-state index in [4.69, 9.17) is 5.11 Å². The molecule has 0 amide bonds. The van der Waals surface area contributed by atoms with E-state index in [9.17, 15) is 13.2 Å². The molecule has 3 aliphatic rings. The minimum Gasteiger partial charge on any atom is -0.481 e. The van der Waals surface area contributed by atoms with E-state index >= 15 is 0 Å². The van der Waals surface area contributed by atoms with E-state index in [-0.39, 0.29) is 28.5 Å². The normalized spacial score (nSPS) is 44.4. The first-order chi connectivity index (χ1) is 7.84. The number of carboxylic acid groups (broad SMARTS) is 1. The van der Waals surface area contributed by atoms with Gasteiger partial charge in [0.2, 0.25) is 10.0 Å². The third-order valence-electron chi connectivity index (χ3n) is 4.69. The number of hydrogen-bond donors (Lipinski definition) is 2. The lowest BCUT2D eigenvalue weighted by Crippen LogP contribution is -2.38. The summed E-state index contributed by atoms with van der Waals surface area (Å²) in [4.78, 5) is 11.1. The summed E-state index contributed by atoms with van der Waals surface area (Å²) in [5, 5.41) is 8.91. The van der Waals surface area contributed by atoms with Crippen molar-refractivity contribution in [2.75, 3.05) is 0 Å². The molecule has 17 heavy (non-hydrogen) atoms. The quantitative estimate of drug-likeness (QED) is 0.773. The highest BCUT2D eigenvalue weighted by atomic mass is 32.2. The number of nitrogens with one attached hydrogen (secondary N) is 1. The SMILES string of the molecule is C[C@@]12C[C@@H]1[C@H](NS(=O)(=O)C1CC1)C[C@@H]2C(=O)O. The average molecular weight is 259 g/mol. The maximum absolute atomic E-state index is 11.8. The summed E-state index contributed by atoms with van der Waals surface area (Å²) in [6.45, 7) is 1.96. The van der Waals surface area contributed by atoms with Gasteiger partial charge in [-0.05, 0) is 37.0 Å². The predicted octanol–water partition coefficient (Wildman–Crippen LogP) is 0.567. The lowest BCUT2D eigenvalue weighted by atomic mass is 9.92. The number of sulfonamides is 1. The summed E-state index contributed by atoms with van der Waals surface area (Å²) >= 11 is 0. The highest BCUT2D eigenvalue weighted by Gasteiger charge is 2.66. The number of fused-ring (bicyclic) bond motifs is 1. The molecule has 5 nitrogen and oxygen atoms in total. The second kappa shape index (κ2) is 3.23. The molecule has 0 aliphatic heterocycles. The van der Waals surface area contributed by atoms with E-state index < -0.39 is 16.0 Å². The zero-order chi connectivity index (χ0) is 12.4. The van der Waals surface area contributed by atoms with Gasteiger partial charge in [-0.3, -0.25) is 4.79 Å². The molecule has 0 spiro atoms. The van der Waals surface area contributed by atoms with Crippen LogP contribution in [0.3, 0.4) is 0 Å². The molecule has 3 fully saturated rings. The fourth-order valence-corrected chi connectivity index (χ4v) is 4.94. The second-order valence-electron chi connectivity index (χ2n) is 5.91. The minimum absolute atomic E-state index is 0.160. The molecule has 2 N–H and O–H groups in total. The Bertz CT molecular complexity index is 470. The molecule has 0 radical (unpaired) electrons. The summed E-state index contributed by atoms with van der Waals surface area (Å²) in [5.74, 6) is -0.959. The van der Waals surface area contributed by atoms with Crippen molar-refractivity contribution in [3.63, 3.8) is 0 Å². The highest BCUT2D eigenvalue weighted by Crippen LogP contribution is 2.66. The van der Waals surface area contributed by atoms with Gasteiger partial charge in [-0.2, -0.15) is 0 Å². The Hall–Kier alpha value is -0.620.